The zero-order chi connectivity index (χ0) is 12.4. The molecule has 1 N–H and O–H groups in total. The molecular formula is C13H9N3OS. The fourth-order valence-electron chi connectivity index (χ4n) is 1.64. The SMILES string of the molecule is Oc1ccc2nsnc2c1C=Nc1ccccc1. The predicted octanol–water partition coefficient (Wildman–Crippen LogP) is 3.15. The molecule has 18 heavy (non-hydrogen) atoms. The molecule has 2 aromatic carbocycles. The summed E-state index contributed by atoms with van der Waals surface area (Å²) in [5.41, 5.74) is 2.88. The number of nitrogens with zero attached hydrogens (tertiary/aromatic N) is 3. The number of benzene rings is 2. The molecule has 3 aromatic rings. The average molecular weight is 255 g/mol. The molecule has 0 aliphatic heterocycles. The Bertz CT molecular complexity index is 707. The van der Waals surface area contributed by atoms with E-state index in [0.29, 0.717) is 11.1 Å². The monoisotopic (exact) mass is 255 g/mol. The molecule has 4 nitrogen and oxygen atoms in total. The standard InChI is InChI=1S/C13H9N3OS/c17-12-7-6-11-13(16-18-15-11)10(12)8-14-9-4-2-1-3-5-9/h1-8,17H. The van der Waals surface area contributed by atoms with E-state index in [1.807, 2.05) is 30.3 Å². The summed E-state index contributed by atoms with van der Waals surface area (Å²) in [5, 5.41) is 9.85. The Hall–Kier alpha value is -2.27. The van der Waals surface area contributed by atoms with Gasteiger partial charge in [-0.3, -0.25) is 4.99 Å². The third-order valence-electron chi connectivity index (χ3n) is 2.54. The molecule has 0 atom stereocenters. The van der Waals surface area contributed by atoms with Gasteiger partial charge in [0.1, 0.15) is 16.8 Å². The Morgan fingerprint density at radius 1 is 1.06 bits per heavy atom. The summed E-state index contributed by atoms with van der Waals surface area (Å²) < 4.78 is 8.30. The van der Waals surface area contributed by atoms with Crippen LogP contribution in [-0.4, -0.2) is 20.1 Å². The van der Waals surface area contributed by atoms with Crippen LogP contribution in [0.4, 0.5) is 5.69 Å². The highest BCUT2D eigenvalue weighted by Gasteiger charge is 2.08. The van der Waals surface area contributed by atoms with Gasteiger partial charge < -0.3 is 5.11 Å². The molecule has 0 aliphatic carbocycles. The van der Waals surface area contributed by atoms with Gasteiger partial charge in [0.25, 0.3) is 0 Å². The third kappa shape index (κ3) is 1.96. The molecule has 0 spiro atoms. The van der Waals surface area contributed by atoms with Gasteiger partial charge in [0.05, 0.1) is 23.0 Å². The summed E-state index contributed by atoms with van der Waals surface area (Å²) in [7, 11) is 0. The Kier molecular flexibility index (Phi) is 2.74. The van der Waals surface area contributed by atoms with Crippen molar-refractivity contribution in [3.8, 4) is 5.75 Å². The first-order chi connectivity index (χ1) is 8.84. The zero-order valence-corrected chi connectivity index (χ0v) is 10.1. The third-order valence-corrected chi connectivity index (χ3v) is 3.09. The van der Waals surface area contributed by atoms with Crippen molar-refractivity contribution >= 4 is 34.7 Å². The molecule has 1 aromatic heterocycles. The van der Waals surface area contributed by atoms with Crippen molar-refractivity contribution in [2.75, 3.05) is 0 Å². The molecule has 0 radical (unpaired) electrons. The zero-order valence-electron chi connectivity index (χ0n) is 9.32. The highest BCUT2D eigenvalue weighted by molar-refractivity contribution is 7.00. The van der Waals surface area contributed by atoms with E-state index in [9.17, 15) is 5.11 Å². The van der Waals surface area contributed by atoms with Gasteiger partial charge in [-0.25, -0.2) is 0 Å². The summed E-state index contributed by atoms with van der Waals surface area (Å²) in [6.07, 6.45) is 1.62. The van der Waals surface area contributed by atoms with E-state index >= 15 is 0 Å². The maximum atomic E-state index is 9.85. The van der Waals surface area contributed by atoms with Crippen molar-refractivity contribution in [3.63, 3.8) is 0 Å². The Balaban J connectivity index is 2.07. The van der Waals surface area contributed by atoms with Crippen LogP contribution in [-0.2, 0) is 0 Å². The van der Waals surface area contributed by atoms with E-state index in [1.54, 1.807) is 18.3 Å². The second-order valence-electron chi connectivity index (χ2n) is 3.72. The number of para-hydroxylation sites is 1. The first-order valence-corrected chi connectivity index (χ1v) is 6.11. The van der Waals surface area contributed by atoms with Gasteiger partial charge >= 0.3 is 0 Å². The number of aromatic hydroxyl groups is 1. The van der Waals surface area contributed by atoms with Gasteiger partial charge in [-0.1, -0.05) is 18.2 Å². The van der Waals surface area contributed by atoms with Crippen LogP contribution in [0.1, 0.15) is 5.56 Å². The second kappa shape index (κ2) is 4.54. The summed E-state index contributed by atoms with van der Waals surface area (Å²) in [6, 6.07) is 12.9. The average Bonchev–Trinajstić information content (AvgIpc) is 2.87. The Morgan fingerprint density at radius 2 is 1.89 bits per heavy atom. The number of fused-ring (bicyclic) bond motifs is 1. The van der Waals surface area contributed by atoms with Crippen molar-refractivity contribution in [2.24, 2.45) is 4.99 Å². The van der Waals surface area contributed by atoms with Crippen molar-refractivity contribution in [3.05, 3.63) is 48.0 Å². The number of phenolic OH excluding ortho intramolecular Hbond substituents is 1. The number of aromatic nitrogens is 2. The highest BCUT2D eigenvalue weighted by Crippen LogP contribution is 2.24. The van der Waals surface area contributed by atoms with E-state index in [0.717, 1.165) is 22.9 Å². The van der Waals surface area contributed by atoms with Crippen LogP contribution < -0.4 is 0 Å². The second-order valence-corrected chi connectivity index (χ2v) is 4.25. The van der Waals surface area contributed by atoms with Gasteiger partial charge in [0, 0.05) is 6.21 Å². The molecule has 3 rings (SSSR count). The number of aliphatic imine (C=N–C) groups is 1. The van der Waals surface area contributed by atoms with E-state index in [2.05, 4.69) is 13.7 Å². The Labute approximate surface area is 108 Å². The van der Waals surface area contributed by atoms with Crippen molar-refractivity contribution in [1.82, 2.24) is 8.75 Å². The number of phenols is 1. The molecule has 0 amide bonds. The van der Waals surface area contributed by atoms with Crippen LogP contribution in [0, 0.1) is 0 Å². The van der Waals surface area contributed by atoms with Crippen LogP contribution in [0.5, 0.6) is 5.75 Å². The van der Waals surface area contributed by atoms with E-state index in [1.165, 1.54) is 0 Å². The molecule has 5 heteroatoms. The van der Waals surface area contributed by atoms with Crippen LogP contribution in [0.15, 0.2) is 47.5 Å². The molecule has 0 fully saturated rings. The van der Waals surface area contributed by atoms with Gasteiger partial charge in [-0.15, -0.1) is 0 Å². The van der Waals surface area contributed by atoms with Crippen LogP contribution in [0.2, 0.25) is 0 Å². The smallest absolute Gasteiger partial charge is 0.126 e. The van der Waals surface area contributed by atoms with Gasteiger partial charge in [0.2, 0.25) is 0 Å². The quantitative estimate of drug-likeness (QED) is 0.716. The lowest BCUT2D eigenvalue weighted by Gasteiger charge is -1.98. The molecule has 1 heterocycles. The van der Waals surface area contributed by atoms with E-state index in [4.69, 9.17) is 0 Å². The summed E-state index contributed by atoms with van der Waals surface area (Å²) in [5.74, 6) is 0.162. The lowest BCUT2D eigenvalue weighted by atomic mass is 10.2. The molecule has 88 valence electrons. The molecule has 0 bridgehead atoms. The minimum absolute atomic E-state index is 0.162. The summed E-state index contributed by atoms with van der Waals surface area (Å²) >= 11 is 1.12. The minimum Gasteiger partial charge on any atom is -0.507 e. The van der Waals surface area contributed by atoms with Crippen LogP contribution >= 0.6 is 11.7 Å². The Morgan fingerprint density at radius 3 is 2.72 bits per heavy atom. The number of hydrogen-bond acceptors (Lipinski definition) is 5. The largest absolute Gasteiger partial charge is 0.507 e. The predicted molar refractivity (Wildman–Crippen MR) is 72.8 cm³/mol. The molecule has 0 saturated carbocycles. The lowest BCUT2D eigenvalue weighted by Crippen LogP contribution is -1.85. The molecule has 0 saturated heterocycles. The van der Waals surface area contributed by atoms with Crippen molar-refractivity contribution in [1.29, 1.82) is 0 Å². The van der Waals surface area contributed by atoms with Crippen molar-refractivity contribution < 1.29 is 5.11 Å². The maximum Gasteiger partial charge on any atom is 0.126 e. The highest BCUT2D eigenvalue weighted by atomic mass is 32.1. The fourth-order valence-corrected chi connectivity index (χ4v) is 2.19. The van der Waals surface area contributed by atoms with Gasteiger partial charge in [-0.2, -0.15) is 8.75 Å². The van der Waals surface area contributed by atoms with E-state index in [-0.39, 0.29) is 5.75 Å². The van der Waals surface area contributed by atoms with Crippen molar-refractivity contribution in [2.45, 2.75) is 0 Å². The van der Waals surface area contributed by atoms with Crippen LogP contribution in [0.3, 0.4) is 0 Å². The van der Waals surface area contributed by atoms with E-state index < -0.39 is 0 Å². The van der Waals surface area contributed by atoms with Gasteiger partial charge in [-0.05, 0) is 24.3 Å². The topological polar surface area (TPSA) is 58.4 Å². The molecule has 0 unspecified atom stereocenters. The fraction of sp³-hybridized carbons (Fsp3) is 0. The number of rotatable bonds is 2. The normalized spacial score (nSPS) is 11.3. The number of hydrogen-bond donors (Lipinski definition) is 1. The first kappa shape index (κ1) is 10.9. The maximum absolute atomic E-state index is 9.85. The summed E-state index contributed by atoms with van der Waals surface area (Å²) in [4.78, 5) is 4.32. The lowest BCUT2D eigenvalue weighted by molar-refractivity contribution is 0.475. The molecule has 0 aliphatic rings. The summed E-state index contributed by atoms with van der Waals surface area (Å²) in [6.45, 7) is 0. The minimum atomic E-state index is 0.162. The molecular weight excluding hydrogens is 246 g/mol. The van der Waals surface area contributed by atoms with Gasteiger partial charge in [0.15, 0.2) is 0 Å². The van der Waals surface area contributed by atoms with Crippen LogP contribution in [0.25, 0.3) is 11.0 Å². The first-order valence-electron chi connectivity index (χ1n) is 5.38.